The summed E-state index contributed by atoms with van der Waals surface area (Å²) in [7, 11) is -1.03. The highest BCUT2D eigenvalue weighted by atomic mass is 28.3. The predicted octanol–water partition coefficient (Wildman–Crippen LogP) is 2.71. The summed E-state index contributed by atoms with van der Waals surface area (Å²) < 4.78 is 7.49. The molecule has 0 saturated heterocycles. The van der Waals surface area contributed by atoms with Gasteiger partial charge in [-0.05, 0) is 13.0 Å². The van der Waals surface area contributed by atoms with Crippen molar-refractivity contribution in [1.82, 2.24) is 9.55 Å². The number of nitrogens with zero attached hydrogens (tertiary/aromatic N) is 2. The largest absolute Gasteiger partial charge is 0.361 e. The normalized spacial score (nSPS) is 11.8. The van der Waals surface area contributed by atoms with Crippen molar-refractivity contribution in [3.63, 3.8) is 0 Å². The Balaban J connectivity index is 2.45. The minimum absolute atomic E-state index is 0.00310. The molecule has 0 fully saturated rings. The number of ether oxygens (including phenoxy) is 1. The van der Waals surface area contributed by atoms with E-state index in [2.05, 4.69) is 24.6 Å². The summed E-state index contributed by atoms with van der Waals surface area (Å²) in [6.07, 6.45) is 1.67. The number of hydrogen-bond acceptors (Lipinski definition) is 3. The van der Waals surface area contributed by atoms with Crippen LogP contribution in [-0.2, 0) is 11.5 Å². The number of hydrogen-bond donors (Lipinski definition) is 0. The number of carbonyl (C=O) groups is 1. The van der Waals surface area contributed by atoms with Gasteiger partial charge in [0, 0.05) is 27.3 Å². The summed E-state index contributed by atoms with van der Waals surface area (Å²) in [5.74, 6) is 0.00310. The van der Waals surface area contributed by atoms with Crippen LogP contribution in [0, 0.1) is 6.92 Å². The zero-order chi connectivity index (χ0) is 13.1. The molecule has 0 radical (unpaired) electrons. The lowest BCUT2D eigenvalue weighted by atomic mass is 10.3. The molecule has 0 N–H and O–H groups in total. The first-order chi connectivity index (χ1) is 7.81. The van der Waals surface area contributed by atoms with E-state index in [1.165, 1.54) is 6.92 Å². The summed E-state index contributed by atoms with van der Waals surface area (Å²) in [4.78, 5) is 15.3. The van der Waals surface area contributed by atoms with Gasteiger partial charge in [0.1, 0.15) is 12.4 Å². The van der Waals surface area contributed by atoms with Crippen molar-refractivity contribution in [3.05, 3.63) is 17.7 Å². The van der Waals surface area contributed by atoms with Crippen LogP contribution in [0.3, 0.4) is 0 Å². The monoisotopic (exact) mass is 254 g/mol. The van der Waals surface area contributed by atoms with Gasteiger partial charge in [0.15, 0.2) is 5.78 Å². The molecule has 0 aliphatic carbocycles. The van der Waals surface area contributed by atoms with Crippen molar-refractivity contribution >= 4 is 13.9 Å². The van der Waals surface area contributed by atoms with Crippen LogP contribution in [0.5, 0.6) is 0 Å². The van der Waals surface area contributed by atoms with Gasteiger partial charge in [-0.2, -0.15) is 0 Å². The van der Waals surface area contributed by atoms with Crippen molar-refractivity contribution < 1.29 is 9.53 Å². The number of rotatable bonds is 6. The Labute approximate surface area is 104 Å². The Morgan fingerprint density at radius 3 is 2.59 bits per heavy atom. The summed E-state index contributed by atoms with van der Waals surface area (Å²) in [6.45, 7) is 11.7. The van der Waals surface area contributed by atoms with Gasteiger partial charge in [0.25, 0.3) is 0 Å². The van der Waals surface area contributed by atoms with Crippen LogP contribution >= 0.6 is 0 Å². The van der Waals surface area contributed by atoms with Crippen LogP contribution in [0.2, 0.25) is 25.7 Å². The lowest BCUT2D eigenvalue weighted by Gasteiger charge is -2.15. The van der Waals surface area contributed by atoms with Crippen molar-refractivity contribution in [2.24, 2.45) is 0 Å². The van der Waals surface area contributed by atoms with Gasteiger partial charge in [-0.25, -0.2) is 4.98 Å². The minimum Gasteiger partial charge on any atom is -0.361 e. The molecule has 0 saturated carbocycles. The molecule has 0 aliphatic rings. The van der Waals surface area contributed by atoms with E-state index in [1.807, 2.05) is 11.5 Å². The second-order valence-electron chi connectivity index (χ2n) is 5.55. The summed E-state index contributed by atoms with van der Waals surface area (Å²) in [6, 6.07) is 1.15. The zero-order valence-electron chi connectivity index (χ0n) is 11.4. The first kappa shape index (κ1) is 14.1. The molecule has 0 bridgehead atoms. The maximum Gasteiger partial charge on any atom is 0.179 e. The Morgan fingerprint density at radius 2 is 2.12 bits per heavy atom. The average molecular weight is 254 g/mol. The third kappa shape index (κ3) is 4.44. The van der Waals surface area contributed by atoms with Crippen molar-refractivity contribution in [2.45, 2.75) is 46.3 Å². The van der Waals surface area contributed by atoms with E-state index in [0.29, 0.717) is 12.4 Å². The molecule has 0 aliphatic heterocycles. The van der Waals surface area contributed by atoms with E-state index < -0.39 is 8.07 Å². The van der Waals surface area contributed by atoms with Gasteiger partial charge in [0.2, 0.25) is 0 Å². The van der Waals surface area contributed by atoms with Gasteiger partial charge < -0.3 is 9.30 Å². The highest BCUT2D eigenvalue weighted by Gasteiger charge is 2.13. The molecule has 0 atom stereocenters. The van der Waals surface area contributed by atoms with E-state index in [9.17, 15) is 4.79 Å². The van der Waals surface area contributed by atoms with E-state index in [4.69, 9.17) is 4.74 Å². The fourth-order valence-electron chi connectivity index (χ4n) is 1.46. The molecule has 1 heterocycles. The number of ketones is 1. The molecule has 4 nitrogen and oxygen atoms in total. The molecule has 5 heteroatoms. The lowest BCUT2D eigenvalue weighted by molar-refractivity contribution is 0.0857. The molecule has 96 valence electrons. The summed E-state index contributed by atoms with van der Waals surface area (Å²) in [5.41, 5.74) is 1.42. The molecule has 0 unspecified atom stereocenters. The molecule has 1 rings (SSSR count). The van der Waals surface area contributed by atoms with Gasteiger partial charge in [0.05, 0.1) is 6.33 Å². The van der Waals surface area contributed by atoms with Crippen LogP contribution in [-0.4, -0.2) is 30.0 Å². The van der Waals surface area contributed by atoms with E-state index in [-0.39, 0.29) is 5.78 Å². The highest BCUT2D eigenvalue weighted by molar-refractivity contribution is 6.76. The highest BCUT2D eigenvalue weighted by Crippen LogP contribution is 2.10. The first-order valence-corrected chi connectivity index (χ1v) is 9.62. The molecule has 0 aromatic carbocycles. The Morgan fingerprint density at radius 1 is 1.47 bits per heavy atom. The Hall–Kier alpha value is -0.943. The molecule has 1 aromatic rings. The SMILES string of the molecule is CC(=O)c1ncn(COCC[Si](C)(C)C)c1C. The lowest BCUT2D eigenvalue weighted by Crippen LogP contribution is -2.22. The van der Waals surface area contributed by atoms with Gasteiger partial charge in [-0.1, -0.05) is 19.6 Å². The zero-order valence-corrected chi connectivity index (χ0v) is 12.4. The molecule has 1 aromatic heterocycles. The number of imidazole rings is 1. The fraction of sp³-hybridized carbons (Fsp3) is 0.667. The Kier molecular flexibility index (Phi) is 4.65. The van der Waals surface area contributed by atoms with E-state index in [1.54, 1.807) is 6.33 Å². The van der Waals surface area contributed by atoms with E-state index >= 15 is 0 Å². The number of Topliss-reactive ketones (excluding diaryl/α,β-unsaturated/α-hetero) is 1. The molecule has 0 amide bonds. The van der Waals surface area contributed by atoms with Crippen LogP contribution in [0.1, 0.15) is 23.1 Å². The van der Waals surface area contributed by atoms with Crippen LogP contribution in [0.4, 0.5) is 0 Å². The van der Waals surface area contributed by atoms with Crippen molar-refractivity contribution in [1.29, 1.82) is 0 Å². The molecular formula is C12H22N2O2Si. The van der Waals surface area contributed by atoms with Crippen LogP contribution in [0.25, 0.3) is 0 Å². The first-order valence-electron chi connectivity index (χ1n) is 5.91. The summed E-state index contributed by atoms with van der Waals surface area (Å²) in [5, 5.41) is 0. The second-order valence-corrected chi connectivity index (χ2v) is 11.2. The second kappa shape index (κ2) is 5.60. The van der Waals surface area contributed by atoms with Crippen LogP contribution < -0.4 is 0 Å². The fourth-order valence-corrected chi connectivity index (χ4v) is 2.22. The van der Waals surface area contributed by atoms with E-state index in [0.717, 1.165) is 18.3 Å². The standard InChI is InChI=1S/C12H22N2O2Si/c1-10-12(11(2)15)13-8-14(10)9-16-6-7-17(3,4)5/h8H,6-7,9H2,1-5H3. The molecule has 0 spiro atoms. The summed E-state index contributed by atoms with van der Waals surface area (Å²) >= 11 is 0. The molecular weight excluding hydrogens is 232 g/mol. The smallest absolute Gasteiger partial charge is 0.179 e. The van der Waals surface area contributed by atoms with Gasteiger partial charge in [-0.3, -0.25) is 4.79 Å². The minimum atomic E-state index is -1.03. The Bertz CT molecular complexity index is 394. The quantitative estimate of drug-likeness (QED) is 0.445. The third-order valence-electron chi connectivity index (χ3n) is 2.66. The topological polar surface area (TPSA) is 44.1 Å². The maximum absolute atomic E-state index is 11.2. The molecule has 17 heavy (non-hydrogen) atoms. The van der Waals surface area contributed by atoms with Gasteiger partial charge >= 0.3 is 0 Å². The predicted molar refractivity (Wildman–Crippen MR) is 71.1 cm³/mol. The number of aromatic nitrogens is 2. The van der Waals surface area contributed by atoms with Crippen LogP contribution in [0.15, 0.2) is 6.33 Å². The maximum atomic E-state index is 11.2. The third-order valence-corrected chi connectivity index (χ3v) is 4.36. The van der Waals surface area contributed by atoms with Crippen molar-refractivity contribution in [3.8, 4) is 0 Å². The average Bonchev–Trinajstić information content (AvgIpc) is 2.53. The van der Waals surface area contributed by atoms with Gasteiger partial charge in [-0.15, -0.1) is 0 Å². The van der Waals surface area contributed by atoms with Crippen molar-refractivity contribution in [2.75, 3.05) is 6.61 Å². The number of carbonyl (C=O) groups excluding carboxylic acids is 1.